The van der Waals surface area contributed by atoms with Gasteiger partial charge in [-0.25, -0.2) is 4.98 Å². The van der Waals surface area contributed by atoms with Gasteiger partial charge in [-0.1, -0.05) is 39.0 Å². The van der Waals surface area contributed by atoms with Crippen molar-refractivity contribution in [3.8, 4) is 11.4 Å². The number of rotatable bonds is 2. The van der Waals surface area contributed by atoms with Crippen molar-refractivity contribution in [3.05, 3.63) is 59.2 Å². The quantitative estimate of drug-likeness (QED) is 0.760. The van der Waals surface area contributed by atoms with Gasteiger partial charge in [0.15, 0.2) is 0 Å². The fourth-order valence-corrected chi connectivity index (χ4v) is 3.75. The Labute approximate surface area is 159 Å². The molecule has 0 bridgehead atoms. The van der Waals surface area contributed by atoms with Crippen LogP contribution in [0.2, 0.25) is 0 Å². The number of benzene rings is 1. The largest absolute Gasteiger partial charge is 0.334 e. The van der Waals surface area contributed by atoms with E-state index in [1.54, 1.807) is 6.20 Å². The average Bonchev–Trinajstić information content (AvgIpc) is 3.26. The van der Waals surface area contributed by atoms with Crippen LogP contribution in [0.15, 0.2) is 36.7 Å². The summed E-state index contributed by atoms with van der Waals surface area (Å²) in [7, 11) is 1.94. The SMILES string of the molecule is Cn1ccnc1-c1ccccc1C(=O)N1CCc2[nH]nc(C(C)(C)C)c2C1. The van der Waals surface area contributed by atoms with Crippen LogP contribution < -0.4 is 0 Å². The molecular weight excluding hydrogens is 338 g/mol. The van der Waals surface area contributed by atoms with Gasteiger partial charge in [-0.2, -0.15) is 5.10 Å². The van der Waals surface area contributed by atoms with Crippen LogP contribution >= 0.6 is 0 Å². The highest BCUT2D eigenvalue weighted by molar-refractivity contribution is 6.00. The summed E-state index contributed by atoms with van der Waals surface area (Å²) in [6, 6.07) is 7.71. The number of carbonyl (C=O) groups is 1. The van der Waals surface area contributed by atoms with E-state index in [1.807, 2.05) is 47.0 Å². The number of amides is 1. The summed E-state index contributed by atoms with van der Waals surface area (Å²) in [6.07, 6.45) is 4.45. The zero-order valence-corrected chi connectivity index (χ0v) is 16.3. The van der Waals surface area contributed by atoms with Crippen LogP contribution in [0.25, 0.3) is 11.4 Å². The van der Waals surface area contributed by atoms with Crippen molar-refractivity contribution in [1.82, 2.24) is 24.6 Å². The Morgan fingerprint density at radius 3 is 2.70 bits per heavy atom. The molecule has 1 aromatic carbocycles. The molecule has 0 saturated heterocycles. The van der Waals surface area contributed by atoms with Crippen molar-refractivity contribution >= 4 is 5.91 Å². The van der Waals surface area contributed by atoms with Gasteiger partial charge in [0.1, 0.15) is 5.82 Å². The Balaban J connectivity index is 1.68. The van der Waals surface area contributed by atoms with Crippen LogP contribution in [0.4, 0.5) is 0 Å². The molecule has 0 atom stereocenters. The first-order valence-corrected chi connectivity index (χ1v) is 9.29. The molecule has 0 saturated carbocycles. The fourth-order valence-electron chi connectivity index (χ4n) is 3.75. The third kappa shape index (κ3) is 3.05. The number of H-pyrrole nitrogens is 1. The fraction of sp³-hybridized carbons (Fsp3) is 0.381. The summed E-state index contributed by atoms with van der Waals surface area (Å²) in [4.78, 5) is 19.7. The number of nitrogens with one attached hydrogen (secondary N) is 1. The second kappa shape index (κ2) is 6.37. The number of fused-ring (bicyclic) bond motifs is 1. The van der Waals surface area contributed by atoms with Gasteiger partial charge in [0.25, 0.3) is 5.91 Å². The highest BCUT2D eigenvalue weighted by Gasteiger charge is 2.31. The number of imidazole rings is 1. The van der Waals surface area contributed by atoms with E-state index in [1.165, 1.54) is 0 Å². The van der Waals surface area contributed by atoms with Crippen LogP contribution in [0.3, 0.4) is 0 Å². The smallest absolute Gasteiger partial charge is 0.254 e. The number of nitrogens with zero attached hydrogens (tertiary/aromatic N) is 4. The lowest BCUT2D eigenvalue weighted by molar-refractivity contribution is 0.0734. The third-order valence-corrected chi connectivity index (χ3v) is 5.15. The molecule has 3 heterocycles. The van der Waals surface area contributed by atoms with Gasteiger partial charge in [0, 0.05) is 61.2 Å². The molecule has 1 aliphatic heterocycles. The minimum Gasteiger partial charge on any atom is -0.334 e. The maximum absolute atomic E-state index is 13.4. The Bertz CT molecular complexity index is 992. The van der Waals surface area contributed by atoms with E-state index in [4.69, 9.17) is 0 Å². The maximum atomic E-state index is 13.4. The van der Waals surface area contributed by atoms with Gasteiger partial charge in [0.05, 0.1) is 11.3 Å². The molecule has 1 amide bonds. The minimum absolute atomic E-state index is 0.0420. The molecular formula is C21H25N5O. The lowest BCUT2D eigenvalue weighted by Crippen LogP contribution is -2.37. The molecule has 3 aromatic rings. The van der Waals surface area contributed by atoms with Crippen molar-refractivity contribution in [3.63, 3.8) is 0 Å². The molecule has 0 spiro atoms. The van der Waals surface area contributed by atoms with Crippen molar-refractivity contribution in [1.29, 1.82) is 0 Å². The van der Waals surface area contributed by atoms with E-state index >= 15 is 0 Å². The molecule has 6 heteroatoms. The van der Waals surface area contributed by atoms with Crippen molar-refractivity contribution in [2.24, 2.45) is 7.05 Å². The Kier molecular flexibility index (Phi) is 4.13. The van der Waals surface area contributed by atoms with E-state index in [0.29, 0.717) is 18.7 Å². The first kappa shape index (κ1) is 17.5. The molecule has 27 heavy (non-hydrogen) atoms. The lowest BCUT2D eigenvalue weighted by Gasteiger charge is -2.29. The normalized spacial score (nSPS) is 14.3. The van der Waals surface area contributed by atoms with Crippen LogP contribution in [-0.4, -0.2) is 37.1 Å². The Morgan fingerprint density at radius 1 is 1.22 bits per heavy atom. The topological polar surface area (TPSA) is 66.8 Å². The van der Waals surface area contributed by atoms with E-state index in [2.05, 4.69) is 36.0 Å². The summed E-state index contributed by atoms with van der Waals surface area (Å²) < 4.78 is 1.94. The number of aromatic amines is 1. The van der Waals surface area contributed by atoms with Gasteiger partial charge in [-0.3, -0.25) is 9.89 Å². The first-order valence-electron chi connectivity index (χ1n) is 9.29. The first-order chi connectivity index (χ1) is 12.9. The van der Waals surface area contributed by atoms with Gasteiger partial charge in [-0.05, 0) is 6.07 Å². The molecule has 4 rings (SSSR count). The highest BCUT2D eigenvalue weighted by Crippen LogP contribution is 2.31. The predicted molar refractivity (Wildman–Crippen MR) is 104 cm³/mol. The lowest BCUT2D eigenvalue weighted by atomic mass is 9.87. The van der Waals surface area contributed by atoms with Gasteiger partial charge in [0.2, 0.25) is 0 Å². The molecule has 1 N–H and O–H groups in total. The Morgan fingerprint density at radius 2 is 2.00 bits per heavy atom. The van der Waals surface area contributed by atoms with Crippen molar-refractivity contribution < 1.29 is 4.79 Å². The van der Waals surface area contributed by atoms with Gasteiger partial charge < -0.3 is 9.47 Å². The van der Waals surface area contributed by atoms with Gasteiger partial charge >= 0.3 is 0 Å². The average molecular weight is 363 g/mol. The number of hydrogen-bond donors (Lipinski definition) is 1. The van der Waals surface area contributed by atoms with Gasteiger partial charge in [-0.15, -0.1) is 0 Å². The number of hydrogen-bond acceptors (Lipinski definition) is 3. The van der Waals surface area contributed by atoms with Crippen LogP contribution in [-0.2, 0) is 25.4 Å². The van der Waals surface area contributed by atoms with E-state index in [9.17, 15) is 4.79 Å². The molecule has 0 unspecified atom stereocenters. The number of aryl methyl sites for hydroxylation is 1. The molecule has 0 aliphatic carbocycles. The summed E-state index contributed by atoms with van der Waals surface area (Å²) in [5.74, 6) is 0.843. The summed E-state index contributed by atoms with van der Waals surface area (Å²) in [5, 5.41) is 7.70. The standard InChI is InChI=1S/C21H25N5O/c1-21(2,3)18-16-13-26(11-9-17(16)23-24-18)20(27)15-8-6-5-7-14(15)19-22-10-12-25(19)4/h5-8,10,12H,9,11,13H2,1-4H3,(H,23,24). The number of carbonyl (C=O) groups excluding carboxylic acids is 1. The monoisotopic (exact) mass is 363 g/mol. The Hall–Kier alpha value is -2.89. The minimum atomic E-state index is -0.0546. The highest BCUT2D eigenvalue weighted by atomic mass is 16.2. The molecule has 0 fully saturated rings. The van der Waals surface area contributed by atoms with Crippen LogP contribution in [0, 0.1) is 0 Å². The van der Waals surface area contributed by atoms with Crippen molar-refractivity contribution in [2.45, 2.75) is 39.2 Å². The molecule has 140 valence electrons. The van der Waals surface area contributed by atoms with E-state index in [0.717, 1.165) is 34.8 Å². The third-order valence-electron chi connectivity index (χ3n) is 5.15. The predicted octanol–water partition coefficient (Wildman–Crippen LogP) is 3.31. The zero-order chi connectivity index (χ0) is 19.2. The molecule has 0 radical (unpaired) electrons. The molecule has 1 aliphatic rings. The summed E-state index contributed by atoms with van der Waals surface area (Å²) in [6.45, 7) is 7.74. The second-order valence-electron chi connectivity index (χ2n) is 8.16. The maximum Gasteiger partial charge on any atom is 0.254 e. The summed E-state index contributed by atoms with van der Waals surface area (Å²) >= 11 is 0. The van der Waals surface area contributed by atoms with Crippen molar-refractivity contribution in [2.75, 3.05) is 6.54 Å². The molecule has 6 nitrogen and oxygen atoms in total. The van der Waals surface area contributed by atoms with Crippen LogP contribution in [0.5, 0.6) is 0 Å². The second-order valence-corrected chi connectivity index (χ2v) is 8.16. The zero-order valence-electron chi connectivity index (χ0n) is 16.3. The number of aromatic nitrogens is 4. The van der Waals surface area contributed by atoms with Crippen LogP contribution in [0.1, 0.15) is 48.1 Å². The van der Waals surface area contributed by atoms with E-state index < -0.39 is 0 Å². The van der Waals surface area contributed by atoms with E-state index in [-0.39, 0.29) is 11.3 Å². The summed E-state index contributed by atoms with van der Waals surface area (Å²) in [5.41, 5.74) is 4.87. The molecule has 2 aromatic heterocycles.